The number of hydrogen-bond acceptors (Lipinski definition) is 4. The van der Waals surface area contributed by atoms with Gasteiger partial charge in [-0.25, -0.2) is 8.78 Å². The van der Waals surface area contributed by atoms with Gasteiger partial charge in [-0.15, -0.1) is 0 Å². The fourth-order valence-corrected chi connectivity index (χ4v) is 2.36. The van der Waals surface area contributed by atoms with E-state index in [1.165, 1.54) is 0 Å². The minimum Gasteiger partial charge on any atom is -0.465 e. The van der Waals surface area contributed by atoms with Crippen LogP contribution in [0.5, 0.6) is 0 Å². The Labute approximate surface area is 90.2 Å². The van der Waals surface area contributed by atoms with Gasteiger partial charge in [0.25, 0.3) is 5.17 Å². The summed E-state index contributed by atoms with van der Waals surface area (Å²) in [6, 6.07) is -0.581. The van der Waals surface area contributed by atoms with Crippen molar-refractivity contribution in [2.45, 2.75) is 37.2 Å². The van der Waals surface area contributed by atoms with Crippen molar-refractivity contribution in [2.75, 3.05) is 0 Å². The molecule has 0 spiro atoms. The minimum absolute atomic E-state index is 0.00625. The molecule has 0 aromatic carbocycles. The summed E-state index contributed by atoms with van der Waals surface area (Å²) in [4.78, 5) is 0. The van der Waals surface area contributed by atoms with Crippen molar-refractivity contribution in [3.63, 3.8) is 0 Å². The average molecular weight is 239 g/mol. The SMILES string of the molecule is O[C@H]1[C@H](O)[C@@H](C(F)F)C[C@@H]2OC(=S)N[C@H]12. The molecule has 0 bridgehead atoms. The molecule has 1 heterocycles. The summed E-state index contributed by atoms with van der Waals surface area (Å²) >= 11 is 4.72. The number of aliphatic hydroxyl groups is 2. The number of halogens is 2. The van der Waals surface area contributed by atoms with E-state index in [-0.39, 0.29) is 11.6 Å². The lowest BCUT2D eigenvalue weighted by molar-refractivity contribution is -0.123. The molecule has 15 heavy (non-hydrogen) atoms. The molecule has 3 N–H and O–H groups in total. The van der Waals surface area contributed by atoms with Crippen LogP contribution in [0.3, 0.4) is 0 Å². The second kappa shape index (κ2) is 3.80. The third kappa shape index (κ3) is 1.79. The number of ether oxygens (including phenoxy) is 1. The highest BCUT2D eigenvalue weighted by Gasteiger charge is 2.50. The Morgan fingerprint density at radius 2 is 2.07 bits per heavy atom. The largest absolute Gasteiger partial charge is 0.465 e. The Bertz CT molecular complexity index is 279. The van der Waals surface area contributed by atoms with Crippen LogP contribution in [-0.4, -0.2) is 46.2 Å². The van der Waals surface area contributed by atoms with Crippen molar-refractivity contribution < 1.29 is 23.7 Å². The number of thiocarbonyl (C=S) groups is 1. The zero-order chi connectivity index (χ0) is 11.2. The van der Waals surface area contributed by atoms with E-state index in [0.717, 1.165) is 0 Å². The first-order valence-corrected chi connectivity index (χ1v) is 5.03. The monoisotopic (exact) mass is 239 g/mol. The number of rotatable bonds is 1. The number of alkyl halides is 2. The molecule has 0 radical (unpaired) electrons. The van der Waals surface area contributed by atoms with Gasteiger partial charge in [-0.3, -0.25) is 0 Å². The summed E-state index contributed by atoms with van der Waals surface area (Å²) < 4.78 is 30.1. The molecular weight excluding hydrogens is 228 g/mol. The fraction of sp³-hybridized carbons (Fsp3) is 0.875. The quantitative estimate of drug-likeness (QED) is 0.545. The van der Waals surface area contributed by atoms with E-state index in [1.807, 2.05) is 0 Å². The molecule has 1 aliphatic heterocycles. The Morgan fingerprint density at radius 3 is 2.67 bits per heavy atom. The van der Waals surface area contributed by atoms with Crippen molar-refractivity contribution in [1.29, 1.82) is 0 Å². The zero-order valence-corrected chi connectivity index (χ0v) is 8.45. The predicted octanol–water partition coefficient (Wildman–Crippen LogP) is -0.365. The minimum atomic E-state index is -2.67. The molecule has 0 amide bonds. The molecule has 5 atom stereocenters. The lowest BCUT2D eigenvalue weighted by Gasteiger charge is -2.37. The number of hydrogen-bond donors (Lipinski definition) is 3. The van der Waals surface area contributed by atoms with Gasteiger partial charge in [-0.2, -0.15) is 0 Å². The Kier molecular flexibility index (Phi) is 2.78. The van der Waals surface area contributed by atoms with E-state index in [4.69, 9.17) is 17.0 Å². The normalized spacial score (nSPS) is 44.9. The van der Waals surface area contributed by atoms with Gasteiger partial charge in [-0.05, 0) is 18.6 Å². The van der Waals surface area contributed by atoms with Crippen LogP contribution in [0, 0.1) is 5.92 Å². The summed E-state index contributed by atoms with van der Waals surface area (Å²) in [5.41, 5.74) is 0. The zero-order valence-electron chi connectivity index (χ0n) is 7.64. The van der Waals surface area contributed by atoms with Crippen molar-refractivity contribution in [3.8, 4) is 0 Å². The highest BCUT2D eigenvalue weighted by molar-refractivity contribution is 7.80. The van der Waals surface area contributed by atoms with Crippen LogP contribution in [-0.2, 0) is 4.74 Å². The standard InChI is InChI=1S/C8H11F2NO3S/c9-7(10)2-1-3-4(6(13)5(2)12)11-8(15)14-3/h2-7,12-13H,1H2,(H,11,15)/t2-,3-,4-,5+,6+/m0/s1. The van der Waals surface area contributed by atoms with Crippen molar-refractivity contribution in [2.24, 2.45) is 5.92 Å². The number of fused-ring (bicyclic) bond motifs is 1. The topological polar surface area (TPSA) is 61.7 Å². The van der Waals surface area contributed by atoms with Crippen LogP contribution < -0.4 is 5.32 Å². The Hall–Kier alpha value is -0.530. The summed E-state index contributed by atoms with van der Waals surface area (Å²) in [5.74, 6) is -1.26. The molecule has 0 unspecified atom stereocenters. The van der Waals surface area contributed by atoms with Crippen LogP contribution in [0.4, 0.5) is 8.78 Å². The lowest BCUT2D eigenvalue weighted by atomic mass is 9.80. The first kappa shape index (κ1) is 11.0. The summed E-state index contributed by atoms with van der Waals surface area (Å²) in [7, 11) is 0. The molecule has 2 fully saturated rings. The van der Waals surface area contributed by atoms with E-state index in [2.05, 4.69) is 5.32 Å². The van der Waals surface area contributed by atoms with Gasteiger partial charge in [0.2, 0.25) is 6.43 Å². The second-order valence-corrected chi connectivity index (χ2v) is 4.20. The predicted molar refractivity (Wildman–Crippen MR) is 50.5 cm³/mol. The summed E-state index contributed by atoms with van der Waals surface area (Å²) in [6.07, 6.45) is -5.97. The molecule has 0 aromatic rings. The first-order chi connectivity index (χ1) is 7.00. The fourth-order valence-electron chi connectivity index (χ4n) is 2.10. The van der Waals surface area contributed by atoms with E-state index in [0.29, 0.717) is 0 Å². The number of nitrogens with one attached hydrogen (secondary N) is 1. The van der Waals surface area contributed by atoms with Gasteiger partial charge < -0.3 is 20.3 Å². The Morgan fingerprint density at radius 1 is 1.40 bits per heavy atom. The van der Waals surface area contributed by atoms with E-state index < -0.39 is 36.7 Å². The summed E-state index contributed by atoms with van der Waals surface area (Å²) in [5, 5.41) is 21.8. The maximum atomic E-state index is 12.5. The molecule has 4 nitrogen and oxygen atoms in total. The van der Waals surface area contributed by atoms with Crippen LogP contribution in [0.1, 0.15) is 6.42 Å². The maximum Gasteiger partial charge on any atom is 0.257 e. The van der Waals surface area contributed by atoms with Crippen molar-refractivity contribution in [1.82, 2.24) is 5.32 Å². The van der Waals surface area contributed by atoms with Crippen LogP contribution in [0.25, 0.3) is 0 Å². The molecule has 7 heteroatoms. The van der Waals surface area contributed by atoms with Gasteiger partial charge >= 0.3 is 0 Å². The third-order valence-electron chi connectivity index (χ3n) is 2.93. The molecular formula is C8H11F2NO3S. The molecule has 2 rings (SSSR count). The molecule has 1 saturated heterocycles. The summed E-state index contributed by atoms with van der Waals surface area (Å²) in [6.45, 7) is 0. The highest BCUT2D eigenvalue weighted by atomic mass is 32.1. The molecule has 1 aliphatic carbocycles. The van der Waals surface area contributed by atoms with Gasteiger partial charge in [0.15, 0.2) is 0 Å². The Balaban J connectivity index is 2.15. The number of aliphatic hydroxyl groups excluding tert-OH is 2. The van der Waals surface area contributed by atoms with Crippen LogP contribution in [0.15, 0.2) is 0 Å². The third-order valence-corrected chi connectivity index (χ3v) is 3.14. The molecule has 0 aromatic heterocycles. The van der Waals surface area contributed by atoms with Gasteiger partial charge in [0, 0.05) is 0 Å². The van der Waals surface area contributed by atoms with Crippen LogP contribution >= 0.6 is 12.2 Å². The van der Waals surface area contributed by atoms with E-state index in [9.17, 15) is 19.0 Å². The van der Waals surface area contributed by atoms with Gasteiger partial charge in [0.05, 0.1) is 18.1 Å². The van der Waals surface area contributed by atoms with E-state index >= 15 is 0 Å². The van der Waals surface area contributed by atoms with Gasteiger partial charge in [-0.1, -0.05) is 0 Å². The first-order valence-electron chi connectivity index (χ1n) is 4.62. The lowest BCUT2D eigenvalue weighted by Crippen LogP contribution is -2.57. The van der Waals surface area contributed by atoms with Crippen molar-refractivity contribution >= 4 is 17.4 Å². The second-order valence-electron chi connectivity index (χ2n) is 3.83. The molecule has 1 saturated carbocycles. The average Bonchev–Trinajstić information content (AvgIpc) is 2.52. The molecule has 86 valence electrons. The highest BCUT2D eigenvalue weighted by Crippen LogP contribution is 2.34. The van der Waals surface area contributed by atoms with Gasteiger partial charge in [0.1, 0.15) is 12.2 Å². The van der Waals surface area contributed by atoms with E-state index in [1.54, 1.807) is 0 Å². The van der Waals surface area contributed by atoms with Crippen LogP contribution in [0.2, 0.25) is 0 Å². The maximum absolute atomic E-state index is 12.5. The smallest absolute Gasteiger partial charge is 0.257 e. The van der Waals surface area contributed by atoms with Crippen molar-refractivity contribution in [3.05, 3.63) is 0 Å². The molecule has 2 aliphatic rings.